The van der Waals surface area contributed by atoms with Gasteiger partial charge in [0.25, 0.3) is 5.91 Å². The van der Waals surface area contributed by atoms with Crippen LogP contribution in [0.2, 0.25) is 0 Å². The van der Waals surface area contributed by atoms with Gasteiger partial charge >= 0.3 is 5.97 Å². The predicted molar refractivity (Wildman–Crippen MR) is 133 cm³/mol. The van der Waals surface area contributed by atoms with Crippen molar-refractivity contribution in [1.82, 2.24) is 20.7 Å². The summed E-state index contributed by atoms with van der Waals surface area (Å²) in [7, 11) is -4.34. The van der Waals surface area contributed by atoms with Crippen LogP contribution >= 0.6 is 0 Å². The van der Waals surface area contributed by atoms with Crippen molar-refractivity contribution in [1.29, 1.82) is 5.26 Å². The van der Waals surface area contributed by atoms with E-state index in [-0.39, 0.29) is 28.4 Å². The number of hydrogen-bond donors (Lipinski definition) is 5. The van der Waals surface area contributed by atoms with Crippen LogP contribution in [0.25, 0.3) is 0 Å². The Kier molecular flexibility index (Phi) is 9.31. The molecule has 1 aliphatic heterocycles. The number of carbonyl (C=O) groups is 3. The summed E-state index contributed by atoms with van der Waals surface area (Å²) in [6.07, 6.45) is 1.58. The third-order valence-corrected chi connectivity index (χ3v) is 6.90. The molecule has 0 aromatic heterocycles. The Bertz CT molecular complexity index is 1330. The van der Waals surface area contributed by atoms with Crippen molar-refractivity contribution in [2.45, 2.75) is 30.2 Å². The zero-order chi connectivity index (χ0) is 26.8. The van der Waals surface area contributed by atoms with Crippen LogP contribution < -0.4 is 20.7 Å². The van der Waals surface area contributed by atoms with Gasteiger partial charge in [-0.3, -0.25) is 24.7 Å². The van der Waals surface area contributed by atoms with Gasteiger partial charge in [0.1, 0.15) is 12.1 Å². The van der Waals surface area contributed by atoms with Gasteiger partial charge in [0.15, 0.2) is 5.96 Å². The van der Waals surface area contributed by atoms with E-state index >= 15 is 0 Å². The third kappa shape index (κ3) is 7.86. The molecule has 2 amide bonds. The molecular weight excluding hydrogens is 500 g/mol. The summed E-state index contributed by atoms with van der Waals surface area (Å²) < 4.78 is 27.3. The Labute approximate surface area is 213 Å². The molecule has 2 aromatic carbocycles. The lowest BCUT2D eigenvalue weighted by atomic mass is 10.1. The fourth-order valence-corrected chi connectivity index (χ4v) is 4.76. The Morgan fingerprint density at radius 2 is 1.86 bits per heavy atom. The highest BCUT2D eigenvalue weighted by Gasteiger charge is 2.27. The number of carboxylic acid groups (broad SMARTS) is 1. The molecule has 1 heterocycles. The average Bonchev–Trinajstić information content (AvgIpc) is 2.90. The zero-order valence-corrected chi connectivity index (χ0v) is 20.5. The van der Waals surface area contributed by atoms with E-state index in [1.165, 1.54) is 36.4 Å². The Morgan fingerprint density at radius 1 is 1.14 bits per heavy atom. The number of carbonyl (C=O) groups excluding carboxylic acids is 2. The van der Waals surface area contributed by atoms with Crippen LogP contribution in [0.4, 0.5) is 0 Å². The first-order valence-corrected chi connectivity index (χ1v) is 12.9. The Morgan fingerprint density at radius 3 is 2.51 bits per heavy atom. The van der Waals surface area contributed by atoms with E-state index in [9.17, 15) is 27.9 Å². The fourth-order valence-electron chi connectivity index (χ4n) is 3.41. The number of amides is 2. The number of carboxylic acids is 1. The number of nitrogens with zero attached hydrogens (tertiary/aromatic N) is 2. The minimum atomic E-state index is -4.34. The number of nitrogens with one attached hydrogen (secondary N) is 4. The molecule has 194 valence electrons. The van der Waals surface area contributed by atoms with E-state index in [1.54, 1.807) is 18.2 Å². The van der Waals surface area contributed by atoms with E-state index in [2.05, 4.69) is 20.9 Å². The maximum Gasteiger partial charge on any atom is 0.323 e. The van der Waals surface area contributed by atoms with Gasteiger partial charge in [0, 0.05) is 31.6 Å². The molecule has 1 aliphatic rings. The summed E-state index contributed by atoms with van der Waals surface area (Å²) in [6, 6.07) is 11.9. The van der Waals surface area contributed by atoms with Gasteiger partial charge in [0.2, 0.25) is 15.9 Å². The minimum Gasteiger partial charge on any atom is -0.480 e. The molecule has 2 aromatic rings. The Balaban J connectivity index is 1.53. The maximum atomic E-state index is 12.6. The second kappa shape index (κ2) is 12.6. The molecule has 0 fully saturated rings. The molecule has 0 saturated carbocycles. The van der Waals surface area contributed by atoms with Crippen molar-refractivity contribution < 1.29 is 27.9 Å². The first-order valence-electron chi connectivity index (χ1n) is 11.4. The first kappa shape index (κ1) is 27.3. The van der Waals surface area contributed by atoms with Crippen molar-refractivity contribution >= 4 is 33.8 Å². The van der Waals surface area contributed by atoms with Crippen LogP contribution in [-0.4, -0.2) is 62.9 Å². The molecule has 12 nitrogen and oxygen atoms in total. The fraction of sp³-hybridized carbons (Fsp3) is 0.292. The topological polar surface area (TPSA) is 190 Å². The summed E-state index contributed by atoms with van der Waals surface area (Å²) >= 11 is 0. The monoisotopic (exact) mass is 526 g/mol. The van der Waals surface area contributed by atoms with Gasteiger partial charge < -0.3 is 15.7 Å². The molecule has 0 spiro atoms. The molecule has 13 heteroatoms. The molecule has 0 saturated heterocycles. The van der Waals surface area contributed by atoms with Crippen LogP contribution in [-0.2, 0) is 26.0 Å². The maximum absolute atomic E-state index is 12.6. The van der Waals surface area contributed by atoms with E-state index in [0.717, 1.165) is 18.5 Å². The molecule has 5 N–H and O–H groups in total. The van der Waals surface area contributed by atoms with E-state index < -0.39 is 34.5 Å². The molecule has 37 heavy (non-hydrogen) atoms. The summed E-state index contributed by atoms with van der Waals surface area (Å²) in [4.78, 5) is 40.0. The second-order valence-electron chi connectivity index (χ2n) is 8.09. The number of benzene rings is 2. The molecule has 0 radical (unpaired) electrons. The van der Waals surface area contributed by atoms with Crippen molar-refractivity contribution in [3.63, 3.8) is 0 Å². The number of guanidine groups is 1. The lowest BCUT2D eigenvalue weighted by Crippen LogP contribution is -2.48. The number of aryl methyl sites for hydroxylation is 1. The number of rotatable bonds is 10. The summed E-state index contributed by atoms with van der Waals surface area (Å²) in [5.74, 6) is -1.82. The summed E-state index contributed by atoms with van der Waals surface area (Å²) in [6.45, 7) is 0.902. The van der Waals surface area contributed by atoms with Crippen molar-refractivity contribution in [2.75, 3.05) is 19.6 Å². The van der Waals surface area contributed by atoms with Gasteiger partial charge in [0.05, 0.1) is 10.5 Å². The highest BCUT2D eigenvalue weighted by Crippen LogP contribution is 2.15. The van der Waals surface area contributed by atoms with E-state index in [1.807, 2.05) is 4.72 Å². The van der Waals surface area contributed by atoms with Crippen LogP contribution in [0.3, 0.4) is 0 Å². The lowest BCUT2D eigenvalue weighted by molar-refractivity contribution is -0.138. The van der Waals surface area contributed by atoms with E-state index in [0.29, 0.717) is 18.9 Å². The van der Waals surface area contributed by atoms with Crippen molar-refractivity contribution in [3.8, 4) is 6.07 Å². The highest BCUT2D eigenvalue weighted by molar-refractivity contribution is 7.89. The number of sulfonamides is 1. The normalized spacial score (nSPS) is 13.9. The standard InChI is InChI=1S/C24H26N6O6S/c25-14-18-4-1-2-5-20(18)37(35,36)30-19(23(33)34)15-28-22(32)17-9-6-16(7-10-17)8-11-21(31)29-24-26-12-3-13-27-24/h1-2,4-7,9-10,19,30H,3,8,11-13,15H2,(H,28,32)(H,33,34)(H2,26,27,29,31)/t19-/m0/s1. The van der Waals surface area contributed by atoms with Crippen LogP contribution in [0, 0.1) is 11.3 Å². The molecule has 0 bridgehead atoms. The van der Waals surface area contributed by atoms with Crippen molar-refractivity contribution in [3.05, 3.63) is 65.2 Å². The minimum absolute atomic E-state index is 0.139. The zero-order valence-electron chi connectivity index (χ0n) is 19.7. The van der Waals surface area contributed by atoms with Crippen LogP contribution in [0.1, 0.15) is 34.3 Å². The smallest absolute Gasteiger partial charge is 0.323 e. The molecule has 0 unspecified atom stereocenters. The summed E-state index contributed by atoms with van der Waals surface area (Å²) in [5, 5.41) is 26.7. The molecule has 1 atom stereocenters. The van der Waals surface area contributed by atoms with Crippen molar-refractivity contribution in [2.24, 2.45) is 4.99 Å². The number of nitriles is 1. The molecule has 0 aliphatic carbocycles. The van der Waals surface area contributed by atoms with Crippen LogP contribution in [0.5, 0.6) is 0 Å². The predicted octanol–water partition coefficient (Wildman–Crippen LogP) is 0.118. The van der Waals surface area contributed by atoms with Crippen LogP contribution in [0.15, 0.2) is 58.4 Å². The van der Waals surface area contributed by atoms with Gasteiger partial charge in [-0.15, -0.1) is 0 Å². The molecular formula is C24H26N6O6S. The quantitative estimate of drug-likeness (QED) is 0.288. The third-order valence-electron chi connectivity index (χ3n) is 5.37. The number of aliphatic carboxylic acids is 1. The lowest BCUT2D eigenvalue weighted by Gasteiger charge is -2.16. The number of aliphatic imine (C=N–C) groups is 1. The highest BCUT2D eigenvalue weighted by atomic mass is 32.2. The van der Waals surface area contributed by atoms with Gasteiger partial charge in [-0.05, 0) is 42.7 Å². The van der Waals surface area contributed by atoms with Gasteiger partial charge in [-0.1, -0.05) is 24.3 Å². The largest absolute Gasteiger partial charge is 0.480 e. The van der Waals surface area contributed by atoms with Gasteiger partial charge in [-0.2, -0.15) is 9.98 Å². The second-order valence-corrected chi connectivity index (χ2v) is 9.77. The first-order chi connectivity index (χ1) is 17.7. The van der Waals surface area contributed by atoms with Gasteiger partial charge in [-0.25, -0.2) is 8.42 Å². The molecule has 3 rings (SSSR count). The van der Waals surface area contributed by atoms with E-state index in [4.69, 9.17) is 5.26 Å². The summed E-state index contributed by atoms with van der Waals surface area (Å²) in [5.41, 5.74) is 0.911. The Hall–Kier alpha value is -4.28. The SMILES string of the molecule is N#Cc1ccccc1S(=O)(=O)N[C@@H](CNC(=O)c1ccc(CCC(=O)NC2=NCCCN2)cc1)C(=O)O. The number of hydrogen-bond acceptors (Lipinski definition) is 8. The average molecular weight is 527 g/mol.